The lowest BCUT2D eigenvalue weighted by Gasteiger charge is -2.25. The number of nitrogens with zero attached hydrogens (tertiary/aromatic N) is 1. The summed E-state index contributed by atoms with van der Waals surface area (Å²) < 4.78 is 23.6. The van der Waals surface area contributed by atoms with Gasteiger partial charge in [-0.1, -0.05) is 229 Å². The summed E-state index contributed by atoms with van der Waals surface area (Å²) in [6.07, 6.45) is 60.8. The fraction of sp³-hybridized carbons (Fsp3) is 0.836. The quantitative estimate of drug-likeness (QED) is 0.0243. The molecule has 0 aromatic rings. The molecule has 0 radical (unpaired) electrons. The topological polar surface area (TPSA) is 105 Å². The molecule has 0 aromatic heterocycles. The summed E-state index contributed by atoms with van der Waals surface area (Å²) in [6, 6.07) is -0.871. The molecule has 0 saturated heterocycles. The van der Waals surface area contributed by atoms with Crippen molar-refractivity contribution < 1.29 is 32.9 Å². The first-order valence-corrected chi connectivity index (χ1v) is 28.5. The van der Waals surface area contributed by atoms with Gasteiger partial charge in [0.05, 0.1) is 39.9 Å². The molecule has 1 amide bonds. The highest BCUT2D eigenvalue weighted by Crippen LogP contribution is 2.43. The molecule has 3 N–H and O–H groups in total. The molecule has 3 atom stereocenters. The maximum atomic E-state index is 12.9. The average molecular weight is 922 g/mol. The van der Waals surface area contributed by atoms with E-state index >= 15 is 0 Å². The second kappa shape index (κ2) is 46.6. The minimum Gasteiger partial charge on any atom is -0.387 e. The highest BCUT2D eigenvalue weighted by Gasteiger charge is 2.27. The number of aliphatic hydroxyl groups excluding tert-OH is 1. The number of amides is 1. The number of rotatable bonds is 49. The van der Waals surface area contributed by atoms with Crippen LogP contribution < -0.4 is 5.32 Å². The second-order valence-corrected chi connectivity index (χ2v) is 21.0. The number of allylic oxidation sites excluding steroid dienone is 7. The van der Waals surface area contributed by atoms with Crippen LogP contribution in [-0.2, 0) is 18.4 Å². The Morgan fingerprint density at radius 2 is 0.922 bits per heavy atom. The van der Waals surface area contributed by atoms with Gasteiger partial charge in [-0.3, -0.25) is 13.8 Å². The van der Waals surface area contributed by atoms with Gasteiger partial charge in [0.25, 0.3) is 0 Å². The number of carbonyl (C=O) groups excluding carboxylic acids is 1. The second-order valence-electron chi connectivity index (χ2n) is 19.6. The van der Waals surface area contributed by atoms with E-state index in [1.54, 1.807) is 6.08 Å². The lowest BCUT2D eigenvalue weighted by atomic mass is 10.0. The molecule has 0 aliphatic carbocycles. The number of nitrogens with one attached hydrogen (secondary N) is 1. The molecule has 0 aliphatic rings. The molecule has 64 heavy (non-hydrogen) atoms. The van der Waals surface area contributed by atoms with E-state index in [9.17, 15) is 19.4 Å². The number of likely N-dealkylation sites (N-methyl/N-ethyl adjacent to an activating group) is 1. The first kappa shape index (κ1) is 62.5. The monoisotopic (exact) mass is 922 g/mol. The molecule has 0 saturated carbocycles. The van der Waals surface area contributed by atoms with Gasteiger partial charge in [-0.05, 0) is 57.8 Å². The summed E-state index contributed by atoms with van der Waals surface area (Å²) in [5.41, 5.74) is 0. The number of quaternary nitrogens is 1. The maximum absolute atomic E-state index is 12.9. The van der Waals surface area contributed by atoms with Gasteiger partial charge >= 0.3 is 7.82 Å². The van der Waals surface area contributed by atoms with E-state index in [0.717, 1.165) is 64.2 Å². The molecular formula is C55H106N2O6P+. The predicted octanol–water partition coefficient (Wildman–Crippen LogP) is 16.0. The molecule has 0 rings (SSSR count). The van der Waals surface area contributed by atoms with E-state index < -0.39 is 20.0 Å². The van der Waals surface area contributed by atoms with Crippen LogP contribution in [0.15, 0.2) is 48.6 Å². The Morgan fingerprint density at radius 3 is 1.39 bits per heavy atom. The molecule has 0 spiro atoms. The minimum atomic E-state index is -4.36. The number of carbonyl (C=O) groups is 1. The van der Waals surface area contributed by atoms with E-state index in [1.807, 2.05) is 27.2 Å². The van der Waals surface area contributed by atoms with E-state index in [2.05, 4.69) is 55.6 Å². The van der Waals surface area contributed by atoms with Crippen molar-refractivity contribution in [1.82, 2.24) is 5.32 Å². The fourth-order valence-corrected chi connectivity index (χ4v) is 8.46. The molecule has 9 heteroatoms. The van der Waals surface area contributed by atoms with Crippen molar-refractivity contribution in [3.63, 3.8) is 0 Å². The zero-order valence-corrected chi connectivity index (χ0v) is 43.7. The third kappa shape index (κ3) is 48.4. The Bertz CT molecular complexity index is 1180. The van der Waals surface area contributed by atoms with E-state index in [1.165, 1.54) is 161 Å². The summed E-state index contributed by atoms with van der Waals surface area (Å²) in [5, 5.41) is 13.9. The highest BCUT2D eigenvalue weighted by atomic mass is 31.2. The van der Waals surface area contributed by atoms with E-state index in [4.69, 9.17) is 9.05 Å². The molecule has 0 aliphatic heterocycles. The van der Waals surface area contributed by atoms with Crippen LogP contribution in [0.4, 0.5) is 0 Å². The molecule has 0 aromatic carbocycles. The van der Waals surface area contributed by atoms with Crippen molar-refractivity contribution in [2.75, 3.05) is 40.9 Å². The van der Waals surface area contributed by atoms with Gasteiger partial charge in [0, 0.05) is 6.42 Å². The Balaban J connectivity index is 4.23. The van der Waals surface area contributed by atoms with Crippen LogP contribution in [0.1, 0.15) is 245 Å². The number of hydrogen-bond acceptors (Lipinski definition) is 5. The molecule has 376 valence electrons. The standard InChI is InChI=1S/C55H105N2O6P/c1-6-8-10-12-14-16-18-20-22-23-24-25-26-27-28-29-30-31-32-33-34-35-36-38-40-42-44-46-48-54(58)53(52-63-64(60,61)62-51-50-57(3,4)5)56-55(59)49-47-45-43-41-39-37-21-19-17-15-13-11-9-7-2/h13,15,19,21,38,40,46,48,53-54,58H,6-12,14,16-18,20,22-37,39,41-45,47,49-52H2,1-5H3,(H-,56,59,60,61)/p+1/b15-13-,21-19-,40-38+,48-46+. The van der Waals surface area contributed by atoms with Gasteiger partial charge in [0.2, 0.25) is 5.91 Å². The number of hydrogen-bond donors (Lipinski definition) is 3. The summed E-state index contributed by atoms with van der Waals surface area (Å²) in [6.45, 7) is 4.75. The van der Waals surface area contributed by atoms with Gasteiger partial charge < -0.3 is 19.8 Å². The van der Waals surface area contributed by atoms with Crippen LogP contribution in [0.5, 0.6) is 0 Å². The smallest absolute Gasteiger partial charge is 0.387 e. The molecule has 0 fully saturated rings. The Kier molecular flexibility index (Phi) is 45.4. The lowest BCUT2D eigenvalue weighted by molar-refractivity contribution is -0.870. The zero-order chi connectivity index (χ0) is 47.1. The van der Waals surface area contributed by atoms with Gasteiger partial charge in [-0.15, -0.1) is 0 Å². The molecular weight excluding hydrogens is 816 g/mol. The van der Waals surface area contributed by atoms with Gasteiger partial charge in [0.1, 0.15) is 13.2 Å². The van der Waals surface area contributed by atoms with Crippen molar-refractivity contribution in [1.29, 1.82) is 0 Å². The maximum Gasteiger partial charge on any atom is 0.472 e. The van der Waals surface area contributed by atoms with Crippen LogP contribution >= 0.6 is 7.82 Å². The SMILES string of the molecule is CCCC/C=C\C/C=C\CCCCCCCC(=O)NC(COP(=O)(O)OCC[N+](C)(C)C)C(O)/C=C/CC/C=C/CCCCCCCCCCCCCCCCCCCCCCCC. The largest absolute Gasteiger partial charge is 0.472 e. The van der Waals surface area contributed by atoms with Gasteiger partial charge in [-0.2, -0.15) is 0 Å². The van der Waals surface area contributed by atoms with Crippen molar-refractivity contribution in [3.05, 3.63) is 48.6 Å². The first-order chi connectivity index (χ1) is 31.0. The summed E-state index contributed by atoms with van der Waals surface area (Å²) >= 11 is 0. The first-order valence-electron chi connectivity index (χ1n) is 27.0. The normalized spacial score (nSPS) is 14.4. The van der Waals surface area contributed by atoms with Crippen LogP contribution in [0.2, 0.25) is 0 Å². The van der Waals surface area contributed by atoms with Crippen LogP contribution in [0.3, 0.4) is 0 Å². The van der Waals surface area contributed by atoms with Crippen molar-refractivity contribution in [3.8, 4) is 0 Å². The zero-order valence-electron chi connectivity index (χ0n) is 42.8. The predicted molar refractivity (Wildman–Crippen MR) is 277 cm³/mol. The molecule has 8 nitrogen and oxygen atoms in total. The number of unbranched alkanes of at least 4 members (excludes halogenated alkanes) is 30. The summed E-state index contributed by atoms with van der Waals surface area (Å²) in [4.78, 5) is 23.2. The molecule has 0 heterocycles. The third-order valence-electron chi connectivity index (χ3n) is 12.0. The third-order valence-corrected chi connectivity index (χ3v) is 13.0. The molecule has 3 unspecified atom stereocenters. The average Bonchev–Trinajstić information content (AvgIpc) is 3.25. The van der Waals surface area contributed by atoms with Crippen LogP contribution in [0.25, 0.3) is 0 Å². The Morgan fingerprint density at radius 1 is 0.531 bits per heavy atom. The summed E-state index contributed by atoms with van der Waals surface area (Å²) in [5.74, 6) is -0.201. The Hall–Kier alpha value is -1.54. The molecule has 0 bridgehead atoms. The number of phosphoric acid groups is 1. The van der Waals surface area contributed by atoms with Crippen molar-refractivity contribution in [2.24, 2.45) is 0 Å². The van der Waals surface area contributed by atoms with Crippen molar-refractivity contribution >= 4 is 13.7 Å². The lowest BCUT2D eigenvalue weighted by Crippen LogP contribution is -2.45. The van der Waals surface area contributed by atoms with Gasteiger partial charge in [0.15, 0.2) is 0 Å². The minimum absolute atomic E-state index is 0.0522. The van der Waals surface area contributed by atoms with Crippen molar-refractivity contribution in [2.45, 2.75) is 257 Å². The van der Waals surface area contributed by atoms with Gasteiger partial charge in [-0.25, -0.2) is 4.57 Å². The van der Waals surface area contributed by atoms with E-state index in [0.29, 0.717) is 17.4 Å². The number of phosphoric ester groups is 1. The van der Waals surface area contributed by atoms with E-state index in [-0.39, 0.29) is 19.1 Å². The Labute approximate surface area is 397 Å². The number of aliphatic hydroxyl groups is 1. The van der Waals surface area contributed by atoms with Crippen LogP contribution in [-0.4, -0.2) is 73.4 Å². The summed E-state index contributed by atoms with van der Waals surface area (Å²) in [7, 11) is 1.54. The van der Waals surface area contributed by atoms with Crippen LogP contribution in [0, 0.1) is 0 Å². The fourth-order valence-electron chi connectivity index (χ4n) is 7.72. The highest BCUT2D eigenvalue weighted by molar-refractivity contribution is 7.47.